The Balaban J connectivity index is 1.10. The summed E-state index contributed by atoms with van der Waals surface area (Å²) in [6.45, 7) is 3.90. The highest BCUT2D eigenvalue weighted by Crippen LogP contribution is 2.50. The van der Waals surface area contributed by atoms with E-state index in [0.717, 1.165) is 21.6 Å². The van der Waals surface area contributed by atoms with E-state index in [2.05, 4.69) is 21.8 Å². The summed E-state index contributed by atoms with van der Waals surface area (Å²) in [6.07, 6.45) is 4.55. The molecule has 1 aliphatic heterocycles. The minimum atomic E-state index is -3.83. The summed E-state index contributed by atoms with van der Waals surface area (Å²) in [5.41, 5.74) is 1.35. The monoisotopic (exact) mass is 702 g/mol. The highest BCUT2D eigenvalue weighted by molar-refractivity contribution is 7.91. The van der Waals surface area contributed by atoms with Gasteiger partial charge in [-0.05, 0) is 66.8 Å². The Kier molecular flexibility index (Phi) is 8.82. The number of hydrogen-bond donors (Lipinski definition) is 2. The van der Waals surface area contributed by atoms with Gasteiger partial charge in [-0.25, -0.2) is 8.42 Å². The largest absolute Gasteiger partial charge is 0.497 e. The second-order valence-corrected chi connectivity index (χ2v) is 16.1. The summed E-state index contributed by atoms with van der Waals surface area (Å²) >= 11 is 1.60. The van der Waals surface area contributed by atoms with E-state index in [1.165, 1.54) is 4.90 Å². The average molecular weight is 703 g/mol. The number of carbonyl (C=O) groups is 3. The van der Waals surface area contributed by atoms with Crippen LogP contribution in [0.2, 0.25) is 0 Å². The third kappa shape index (κ3) is 6.73. The van der Waals surface area contributed by atoms with Crippen LogP contribution in [-0.4, -0.2) is 73.8 Å². The molecule has 1 saturated heterocycles. The summed E-state index contributed by atoms with van der Waals surface area (Å²) in [7, 11) is -2.24. The molecule has 49 heavy (non-hydrogen) atoms. The molecule has 11 nitrogen and oxygen atoms in total. The summed E-state index contributed by atoms with van der Waals surface area (Å²) in [4.78, 5) is 49.8. The van der Waals surface area contributed by atoms with Gasteiger partial charge in [0.2, 0.25) is 21.8 Å². The number of methoxy groups -OCH3 is 1. The van der Waals surface area contributed by atoms with Gasteiger partial charge in [-0.1, -0.05) is 47.6 Å². The maximum absolute atomic E-state index is 14.0. The van der Waals surface area contributed by atoms with Crippen molar-refractivity contribution in [1.29, 1.82) is 0 Å². The van der Waals surface area contributed by atoms with E-state index in [0.29, 0.717) is 25.0 Å². The van der Waals surface area contributed by atoms with Crippen LogP contribution in [0.3, 0.4) is 0 Å². The van der Waals surface area contributed by atoms with Crippen LogP contribution in [0.1, 0.15) is 49.1 Å². The van der Waals surface area contributed by atoms with Crippen LogP contribution in [0.15, 0.2) is 83.9 Å². The first-order valence-corrected chi connectivity index (χ1v) is 18.8. The number of nitrogens with zero attached hydrogens (tertiary/aromatic N) is 2. The first kappa shape index (κ1) is 33.0. The molecule has 13 heteroatoms. The first-order valence-electron chi connectivity index (χ1n) is 16.4. The number of amides is 3. The predicted molar refractivity (Wildman–Crippen MR) is 185 cm³/mol. The molecule has 0 spiro atoms. The molecule has 2 heterocycles. The third-order valence-corrected chi connectivity index (χ3v) is 12.6. The predicted octanol–water partition coefficient (Wildman–Crippen LogP) is 4.22. The van der Waals surface area contributed by atoms with E-state index in [1.54, 1.807) is 30.7 Å². The molecule has 3 amide bonds. The van der Waals surface area contributed by atoms with Crippen LogP contribution < -0.4 is 14.8 Å². The third-order valence-electron chi connectivity index (χ3n) is 9.88. The fourth-order valence-electron chi connectivity index (χ4n) is 6.74. The van der Waals surface area contributed by atoms with Gasteiger partial charge in [0.1, 0.15) is 23.4 Å². The highest BCUT2D eigenvalue weighted by Gasteiger charge is 2.62. The lowest BCUT2D eigenvalue weighted by atomic mass is 10.1. The molecule has 6 atom stereocenters. The van der Waals surface area contributed by atoms with Crippen molar-refractivity contribution in [3.8, 4) is 16.2 Å². The molecule has 3 saturated carbocycles. The summed E-state index contributed by atoms with van der Waals surface area (Å²) < 4.78 is 32.8. The second kappa shape index (κ2) is 13.1. The molecular weight excluding hydrogens is 665 g/mol. The van der Waals surface area contributed by atoms with Crippen LogP contribution in [0.4, 0.5) is 0 Å². The number of thiophene rings is 1. The number of benzene rings is 2. The summed E-state index contributed by atoms with van der Waals surface area (Å²) in [6, 6.07) is 18.5. The Bertz CT molecular complexity index is 1890. The maximum Gasteiger partial charge on any atom is 0.259 e. The van der Waals surface area contributed by atoms with Crippen molar-refractivity contribution in [3.63, 3.8) is 0 Å². The van der Waals surface area contributed by atoms with Gasteiger partial charge in [-0.15, -0.1) is 17.9 Å². The number of nitrogens with one attached hydrogen (secondary N) is 2. The molecule has 7 rings (SSSR count). The zero-order valence-corrected chi connectivity index (χ0v) is 28.6. The quantitative estimate of drug-likeness (QED) is 0.154. The molecule has 4 unspecified atom stereocenters. The fourth-order valence-corrected chi connectivity index (χ4v) is 8.88. The molecule has 1 aromatic heterocycles. The van der Waals surface area contributed by atoms with Crippen molar-refractivity contribution >= 4 is 45.3 Å². The topological polar surface area (TPSA) is 143 Å². The van der Waals surface area contributed by atoms with Crippen molar-refractivity contribution in [2.75, 3.05) is 13.7 Å². The number of oxime groups is 1. The Morgan fingerprint density at radius 2 is 1.88 bits per heavy atom. The van der Waals surface area contributed by atoms with Crippen molar-refractivity contribution in [3.05, 3.63) is 89.8 Å². The molecular formula is C36H38N4O7S2. The van der Waals surface area contributed by atoms with Crippen LogP contribution in [0, 0.1) is 11.8 Å². The van der Waals surface area contributed by atoms with Crippen molar-refractivity contribution in [1.82, 2.24) is 14.9 Å². The summed E-state index contributed by atoms with van der Waals surface area (Å²) in [5, 5.41) is 8.52. The Morgan fingerprint density at radius 3 is 2.55 bits per heavy atom. The lowest BCUT2D eigenvalue weighted by Crippen LogP contribution is -2.56. The molecule has 0 radical (unpaired) electrons. The molecule has 2 aromatic carbocycles. The number of likely N-dealkylation sites (tertiary alicyclic amines) is 1. The standard InChI is InChI=1S/C36H38N4O7S2/c1-3-24-19-36(24,35(43)39-49(44,45)27-12-13-27)38-33(41)31-17-26(21-40(31)34(42)30-18-29(30)22-8-5-4-6-9-22)47-37-20-23-16-25(46-2)11-14-28(23)32-10-7-15-48-32/h3-11,14-16,20,24,26-27,29-31H,1,12-13,17-19,21H2,2H3,(H,38,41)(H,39,43)/b37-20+/t24-,26?,29?,30?,31?,36+/m1/s1. The van der Waals surface area contributed by atoms with E-state index < -0.39 is 50.7 Å². The minimum absolute atomic E-state index is 0.0532. The lowest BCUT2D eigenvalue weighted by Gasteiger charge is -2.26. The van der Waals surface area contributed by atoms with Gasteiger partial charge in [0.05, 0.1) is 25.1 Å². The van der Waals surface area contributed by atoms with E-state index in [-0.39, 0.29) is 37.1 Å². The Morgan fingerprint density at radius 1 is 1.08 bits per heavy atom. The van der Waals surface area contributed by atoms with E-state index >= 15 is 0 Å². The van der Waals surface area contributed by atoms with Crippen LogP contribution in [-0.2, 0) is 29.2 Å². The van der Waals surface area contributed by atoms with E-state index in [1.807, 2.05) is 66.0 Å². The maximum atomic E-state index is 14.0. The van der Waals surface area contributed by atoms with Gasteiger partial charge in [0, 0.05) is 34.3 Å². The van der Waals surface area contributed by atoms with Crippen LogP contribution >= 0.6 is 11.3 Å². The SMILES string of the molecule is C=C[C@@H]1C[C@@]1(NC(=O)C1CC(O/N=C/c2cc(OC)ccc2-c2cccs2)CN1C(=O)C1CC1c1ccccc1)C(=O)NS(=O)(=O)C1CC1. The van der Waals surface area contributed by atoms with Crippen LogP contribution in [0.25, 0.3) is 10.4 Å². The lowest BCUT2D eigenvalue weighted by molar-refractivity contribution is -0.140. The number of rotatable bonds is 13. The van der Waals surface area contributed by atoms with Gasteiger partial charge in [-0.3, -0.25) is 19.1 Å². The average Bonchev–Trinajstić information content (AvgIpc) is 4.06. The molecule has 4 aliphatic rings. The molecule has 4 fully saturated rings. The molecule has 3 aliphatic carbocycles. The normalized spacial score (nSPS) is 27.4. The molecule has 3 aromatic rings. The highest BCUT2D eigenvalue weighted by atomic mass is 32.2. The van der Waals surface area contributed by atoms with Crippen LogP contribution in [0.5, 0.6) is 5.75 Å². The number of carbonyl (C=O) groups excluding carboxylic acids is 3. The molecule has 2 N–H and O–H groups in total. The Labute approximate surface area is 289 Å². The number of sulfonamides is 1. The van der Waals surface area contributed by atoms with Crippen molar-refractivity contribution in [2.45, 2.75) is 61.0 Å². The van der Waals surface area contributed by atoms with Crippen molar-refractivity contribution in [2.24, 2.45) is 17.0 Å². The van der Waals surface area contributed by atoms with Gasteiger partial charge >= 0.3 is 0 Å². The first-order chi connectivity index (χ1) is 23.6. The molecule has 256 valence electrons. The zero-order valence-electron chi connectivity index (χ0n) is 27.0. The fraction of sp³-hybridized carbons (Fsp3) is 0.389. The van der Waals surface area contributed by atoms with Gasteiger partial charge in [0.15, 0.2) is 0 Å². The van der Waals surface area contributed by atoms with E-state index in [4.69, 9.17) is 9.57 Å². The number of hydrogen-bond acceptors (Lipinski definition) is 9. The van der Waals surface area contributed by atoms with Gasteiger partial charge in [0.25, 0.3) is 5.91 Å². The number of ether oxygens (including phenoxy) is 1. The van der Waals surface area contributed by atoms with E-state index in [9.17, 15) is 22.8 Å². The van der Waals surface area contributed by atoms with Gasteiger partial charge < -0.3 is 19.8 Å². The van der Waals surface area contributed by atoms with Crippen molar-refractivity contribution < 1.29 is 32.4 Å². The second-order valence-electron chi connectivity index (χ2n) is 13.2. The Hall–Kier alpha value is -4.49. The molecule has 0 bridgehead atoms. The zero-order chi connectivity index (χ0) is 34.3. The minimum Gasteiger partial charge on any atom is -0.497 e. The summed E-state index contributed by atoms with van der Waals surface area (Å²) in [5.74, 6) is -1.50. The van der Waals surface area contributed by atoms with Gasteiger partial charge in [-0.2, -0.15) is 0 Å². The smallest absolute Gasteiger partial charge is 0.259 e.